The van der Waals surface area contributed by atoms with Gasteiger partial charge in [-0.3, -0.25) is 0 Å². The van der Waals surface area contributed by atoms with E-state index in [1.807, 2.05) is 19.9 Å². The third-order valence-electron chi connectivity index (χ3n) is 2.15. The van der Waals surface area contributed by atoms with Crippen molar-refractivity contribution in [3.8, 4) is 6.07 Å². The number of hydrogen-bond donors (Lipinski definition) is 0. The van der Waals surface area contributed by atoms with E-state index in [2.05, 4.69) is 10.2 Å². The zero-order valence-corrected chi connectivity index (χ0v) is 9.37. The number of alkyl halides is 1. The van der Waals surface area contributed by atoms with Gasteiger partial charge in [-0.15, -0.1) is 5.10 Å². The molecular weight excluding hydrogens is 193 g/mol. The molecule has 0 bridgehead atoms. The van der Waals surface area contributed by atoms with Gasteiger partial charge in [0, 0.05) is 5.56 Å². The van der Waals surface area contributed by atoms with E-state index in [0.29, 0.717) is 11.3 Å². The van der Waals surface area contributed by atoms with Crippen molar-refractivity contribution in [2.75, 3.05) is 0 Å². The molecule has 15 heavy (non-hydrogen) atoms. The van der Waals surface area contributed by atoms with Crippen LogP contribution in [0, 0.1) is 11.3 Å². The average molecular weight is 207 g/mol. The molecule has 0 aliphatic rings. The summed E-state index contributed by atoms with van der Waals surface area (Å²) in [5, 5.41) is 16.4. The Bertz CT molecular complexity index is 399. The highest BCUT2D eigenvalue weighted by atomic mass is 19.1. The fraction of sp³-hybridized carbons (Fsp3) is 0.545. The Labute approximate surface area is 89.0 Å². The van der Waals surface area contributed by atoms with Gasteiger partial charge in [-0.25, -0.2) is 4.39 Å². The van der Waals surface area contributed by atoms with Crippen molar-refractivity contribution < 1.29 is 4.39 Å². The summed E-state index contributed by atoms with van der Waals surface area (Å²) in [4.78, 5) is 0. The van der Waals surface area contributed by atoms with Crippen LogP contribution in [0.1, 0.15) is 50.6 Å². The first kappa shape index (κ1) is 11.6. The van der Waals surface area contributed by atoms with Gasteiger partial charge in [0.15, 0.2) is 5.69 Å². The Morgan fingerprint density at radius 2 is 2.00 bits per heavy atom. The number of nitriles is 1. The Kier molecular flexibility index (Phi) is 3.04. The van der Waals surface area contributed by atoms with Gasteiger partial charge in [0.25, 0.3) is 0 Å². The van der Waals surface area contributed by atoms with Gasteiger partial charge in [-0.05, 0) is 25.8 Å². The molecule has 1 aromatic rings. The second-order valence-electron chi connectivity index (χ2n) is 4.27. The van der Waals surface area contributed by atoms with E-state index >= 15 is 0 Å². The highest BCUT2D eigenvalue weighted by molar-refractivity contribution is 5.35. The molecule has 0 fully saturated rings. The van der Waals surface area contributed by atoms with Crippen LogP contribution in [-0.4, -0.2) is 10.2 Å². The maximum atomic E-state index is 13.8. The fourth-order valence-corrected chi connectivity index (χ4v) is 1.22. The summed E-state index contributed by atoms with van der Waals surface area (Å²) >= 11 is 0. The van der Waals surface area contributed by atoms with Gasteiger partial charge in [-0.2, -0.15) is 10.4 Å². The van der Waals surface area contributed by atoms with Crippen LogP contribution in [0.15, 0.2) is 6.07 Å². The molecule has 0 aromatic carbocycles. The molecule has 80 valence electrons. The molecule has 0 N–H and O–H groups in total. The van der Waals surface area contributed by atoms with Crippen LogP contribution in [0.2, 0.25) is 0 Å². The lowest BCUT2D eigenvalue weighted by Gasteiger charge is -2.16. The smallest absolute Gasteiger partial charge is 0.169 e. The Morgan fingerprint density at radius 3 is 2.40 bits per heavy atom. The lowest BCUT2D eigenvalue weighted by atomic mass is 9.96. The first-order valence-corrected chi connectivity index (χ1v) is 4.83. The van der Waals surface area contributed by atoms with Crippen molar-refractivity contribution >= 4 is 0 Å². The van der Waals surface area contributed by atoms with Crippen molar-refractivity contribution in [1.82, 2.24) is 10.2 Å². The third kappa shape index (κ3) is 2.50. The lowest BCUT2D eigenvalue weighted by molar-refractivity contribution is 0.219. The second-order valence-corrected chi connectivity index (χ2v) is 4.27. The summed E-state index contributed by atoms with van der Waals surface area (Å²) in [6, 6.07) is 3.48. The van der Waals surface area contributed by atoms with E-state index in [9.17, 15) is 4.39 Å². The number of aromatic nitrogens is 2. The first-order valence-electron chi connectivity index (χ1n) is 4.83. The monoisotopic (exact) mass is 207 g/mol. The summed E-state index contributed by atoms with van der Waals surface area (Å²) in [7, 11) is 0. The molecule has 0 amide bonds. The van der Waals surface area contributed by atoms with Gasteiger partial charge in [0.1, 0.15) is 11.7 Å². The zero-order chi connectivity index (χ0) is 11.6. The van der Waals surface area contributed by atoms with Crippen molar-refractivity contribution in [3.63, 3.8) is 0 Å². The van der Waals surface area contributed by atoms with E-state index in [4.69, 9.17) is 5.26 Å². The molecule has 1 aromatic heterocycles. The first-order chi connectivity index (χ1) is 6.86. The predicted octanol–water partition coefficient (Wildman–Crippen LogP) is 2.68. The topological polar surface area (TPSA) is 49.6 Å². The SMILES string of the molecule is CC(C)c1cc(C(C)(C)F)c(C#N)nn1. The summed E-state index contributed by atoms with van der Waals surface area (Å²) in [5.74, 6) is 0.173. The molecule has 0 saturated carbocycles. The summed E-state index contributed by atoms with van der Waals surface area (Å²) < 4.78 is 13.8. The van der Waals surface area contributed by atoms with Gasteiger partial charge in [0.2, 0.25) is 0 Å². The normalized spacial score (nSPS) is 11.5. The van der Waals surface area contributed by atoms with E-state index in [0.717, 1.165) is 0 Å². The quantitative estimate of drug-likeness (QED) is 0.749. The van der Waals surface area contributed by atoms with Crippen molar-refractivity contribution in [3.05, 3.63) is 23.0 Å². The molecule has 0 radical (unpaired) electrons. The van der Waals surface area contributed by atoms with Gasteiger partial charge in [-0.1, -0.05) is 13.8 Å². The lowest BCUT2D eigenvalue weighted by Crippen LogP contribution is -2.15. The second kappa shape index (κ2) is 3.93. The molecular formula is C11H14FN3. The van der Waals surface area contributed by atoms with Crippen LogP contribution in [0.5, 0.6) is 0 Å². The maximum Gasteiger partial charge on any atom is 0.169 e. The van der Waals surface area contributed by atoms with Crippen molar-refractivity contribution in [1.29, 1.82) is 5.26 Å². The summed E-state index contributed by atoms with van der Waals surface area (Å²) in [6.07, 6.45) is 0. The molecule has 0 atom stereocenters. The largest absolute Gasteiger partial charge is 0.239 e. The van der Waals surface area contributed by atoms with Gasteiger partial charge in [0.05, 0.1) is 5.69 Å². The molecule has 0 aliphatic carbocycles. The van der Waals surface area contributed by atoms with Gasteiger partial charge >= 0.3 is 0 Å². The van der Waals surface area contributed by atoms with Crippen molar-refractivity contribution in [2.45, 2.75) is 39.3 Å². The molecule has 0 spiro atoms. The molecule has 1 rings (SSSR count). The number of hydrogen-bond acceptors (Lipinski definition) is 3. The minimum atomic E-state index is -1.56. The van der Waals surface area contributed by atoms with Crippen LogP contribution < -0.4 is 0 Å². The number of rotatable bonds is 2. The molecule has 4 heteroatoms. The predicted molar refractivity (Wildman–Crippen MR) is 55.0 cm³/mol. The molecule has 1 heterocycles. The van der Waals surface area contributed by atoms with Gasteiger partial charge < -0.3 is 0 Å². The average Bonchev–Trinajstić information content (AvgIpc) is 2.15. The molecule has 0 aliphatic heterocycles. The molecule has 3 nitrogen and oxygen atoms in total. The minimum Gasteiger partial charge on any atom is -0.239 e. The Balaban J connectivity index is 3.34. The Hall–Kier alpha value is -1.50. The summed E-state index contributed by atoms with van der Waals surface area (Å²) in [5.41, 5.74) is -0.490. The van der Waals surface area contributed by atoms with Crippen LogP contribution in [-0.2, 0) is 5.67 Å². The highest BCUT2D eigenvalue weighted by Crippen LogP contribution is 2.28. The van der Waals surface area contributed by atoms with Crippen LogP contribution in [0.25, 0.3) is 0 Å². The van der Waals surface area contributed by atoms with Crippen LogP contribution in [0.3, 0.4) is 0 Å². The fourth-order valence-electron chi connectivity index (χ4n) is 1.22. The Morgan fingerprint density at radius 1 is 1.40 bits per heavy atom. The van der Waals surface area contributed by atoms with E-state index in [-0.39, 0.29) is 11.6 Å². The van der Waals surface area contributed by atoms with Crippen LogP contribution >= 0.6 is 0 Å². The third-order valence-corrected chi connectivity index (χ3v) is 2.15. The van der Waals surface area contributed by atoms with E-state index < -0.39 is 5.67 Å². The molecule has 0 saturated heterocycles. The van der Waals surface area contributed by atoms with Crippen molar-refractivity contribution in [2.24, 2.45) is 0 Å². The maximum absolute atomic E-state index is 13.8. The number of halogens is 1. The highest BCUT2D eigenvalue weighted by Gasteiger charge is 2.25. The standard InChI is InChI=1S/C11H14FN3/c1-7(2)9-5-8(11(3,4)12)10(6-13)15-14-9/h5,7H,1-4H3. The zero-order valence-electron chi connectivity index (χ0n) is 9.37. The van der Waals surface area contributed by atoms with E-state index in [1.54, 1.807) is 6.07 Å². The van der Waals surface area contributed by atoms with Crippen LogP contribution in [0.4, 0.5) is 4.39 Å². The summed E-state index contributed by atoms with van der Waals surface area (Å²) in [6.45, 7) is 6.72. The van der Waals surface area contributed by atoms with E-state index in [1.165, 1.54) is 13.8 Å². The molecule has 0 unspecified atom stereocenters. The number of nitrogens with zero attached hydrogens (tertiary/aromatic N) is 3. The minimum absolute atomic E-state index is 0.0619.